The fraction of sp³-hybridized carbons (Fsp3) is 0.611. The van der Waals surface area contributed by atoms with Gasteiger partial charge in [0.05, 0.1) is 6.61 Å². The van der Waals surface area contributed by atoms with Crippen LogP contribution in [-0.2, 0) is 11.2 Å². The zero-order valence-corrected chi connectivity index (χ0v) is 16.8. The van der Waals surface area contributed by atoms with E-state index in [0.29, 0.717) is 11.8 Å². The van der Waals surface area contributed by atoms with Gasteiger partial charge in [0.25, 0.3) is 0 Å². The summed E-state index contributed by atoms with van der Waals surface area (Å²) in [5, 5.41) is 6.70. The van der Waals surface area contributed by atoms with Crippen molar-refractivity contribution in [2.45, 2.75) is 32.6 Å². The number of halogens is 1. The second-order valence-corrected chi connectivity index (χ2v) is 6.27. The summed E-state index contributed by atoms with van der Waals surface area (Å²) in [6.07, 6.45) is 2.28. The lowest BCUT2D eigenvalue weighted by Crippen LogP contribution is -2.42. The lowest BCUT2D eigenvalue weighted by atomic mass is 9.78. The Labute approximate surface area is 157 Å². The van der Waals surface area contributed by atoms with Crippen molar-refractivity contribution in [3.05, 3.63) is 35.4 Å². The number of rotatable bonds is 8. The van der Waals surface area contributed by atoms with E-state index in [2.05, 4.69) is 53.7 Å². The Bertz CT molecular complexity index is 491. The van der Waals surface area contributed by atoms with E-state index in [0.717, 1.165) is 38.7 Å². The molecule has 23 heavy (non-hydrogen) atoms. The molecule has 1 aliphatic rings. The number of ether oxygens (including phenoxy) is 1. The summed E-state index contributed by atoms with van der Waals surface area (Å²) < 4.78 is 5.60. The number of guanidine groups is 1. The van der Waals surface area contributed by atoms with E-state index < -0.39 is 0 Å². The van der Waals surface area contributed by atoms with Gasteiger partial charge in [-0.05, 0) is 29.9 Å². The van der Waals surface area contributed by atoms with Gasteiger partial charge in [-0.3, -0.25) is 4.99 Å². The molecule has 1 aromatic rings. The van der Waals surface area contributed by atoms with Crippen LogP contribution in [0.4, 0.5) is 0 Å². The molecule has 5 heteroatoms. The predicted molar refractivity (Wildman–Crippen MR) is 108 cm³/mol. The number of hydrogen-bond donors (Lipinski definition) is 2. The predicted octanol–water partition coefficient (Wildman–Crippen LogP) is 3.17. The summed E-state index contributed by atoms with van der Waals surface area (Å²) in [6.45, 7) is 7.71. The molecule has 0 fully saturated rings. The van der Waals surface area contributed by atoms with E-state index in [1.165, 1.54) is 17.5 Å². The molecule has 1 atom stereocenters. The van der Waals surface area contributed by atoms with Crippen molar-refractivity contribution in [3.8, 4) is 0 Å². The highest BCUT2D eigenvalue weighted by molar-refractivity contribution is 14.0. The standard InChI is InChI=1S/C18H29N3O.HI/c1-14(2)8-10-22-11-9-20-18(19-3)21-13-16-12-15-6-4-5-7-17(15)16;/h4-7,14,16H,8-13H2,1-3H3,(H2,19,20,21);1H. The van der Waals surface area contributed by atoms with Gasteiger partial charge in [-0.1, -0.05) is 38.1 Å². The van der Waals surface area contributed by atoms with E-state index in [4.69, 9.17) is 4.74 Å². The van der Waals surface area contributed by atoms with Crippen molar-refractivity contribution in [1.29, 1.82) is 0 Å². The molecule has 0 aliphatic heterocycles. The quantitative estimate of drug-likeness (QED) is 0.288. The van der Waals surface area contributed by atoms with Crippen molar-refractivity contribution < 1.29 is 4.74 Å². The Kier molecular flexibility index (Phi) is 9.55. The van der Waals surface area contributed by atoms with Gasteiger partial charge in [0.2, 0.25) is 0 Å². The minimum absolute atomic E-state index is 0. The normalized spacial score (nSPS) is 16.3. The number of aliphatic imine (C=N–C) groups is 1. The van der Waals surface area contributed by atoms with Crippen LogP contribution < -0.4 is 10.6 Å². The third-order valence-corrected chi connectivity index (χ3v) is 4.08. The summed E-state index contributed by atoms with van der Waals surface area (Å²) >= 11 is 0. The van der Waals surface area contributed by atoms with E-state index in [9.17, 15) is 0 Å². The molecular weight excluding hydrogens is 401 g/mol. The van der Waals surface area contributed by atoms with Gasteiger partial charge in [-0.2, -0.15) is 0 Å². The van der Waals surface area contributed by atoms with Gasteiger partial charge >= 0.3 is 0 Å². The molecule has 0 aromatic heterocycles. The highest BCUT2D eigenvalue weighted by atomic mass is 127. The molecule has 130 valence electrons. The molecule has 1 aliphatic carbocycles. The van der Waals surface area contributed by atoms with Crippen molar-refractivity contribution in [1.82, 2.24) is 10.6 Å². The highest BCUT2D eigenvalue weighted by Crippen LogP contribution is 2.33. The number of fused-ring (bicyclic) bond motifs is 1. The van der Waals surface area contributed by atoms with Crippen LogP contribution in [0.1, 0.15) is 37.3 Å². The van der Waals surface area contributed by atoms with Gasteiger partial charge in [-0.15, -0.1) is 24.0 Å². The summed E-state index contributed by atoms with van der Waals surface area (Å²) in [5.41, 5.74) is 2.96. The molecule has 0 saturated heterocycles. The molecule has 0 bridgehead atoms. The fourth-order valence-corrected chi connectivity index (χ4v) is 2.65. The molecular formula is C18H30IN3O. The van der Waals surface area contributed by atoms with Crippen LogP contribution in [0.5, 0.6) is 0 Å². The zero-order valence-electron chi connectivity index (χ0n) is 14.5. The van der Waals surface area contributed by atoms with Gasteiger partial charge < -0.3 is 15.4 Å². The topological polar surface area (TPSA) is 45.7 Å². The number of benzene rings is 1. The zero-order chi connectivity index (χ0) is 15.8. The molecule has 0 radical (unpaired) electrons. The van der Waals surface area contributed by atoms with Crippen molar-refractivity contribution in [2.24, 2.45) is 10.9 Å². The average Bonchev–Trinajstić information content (AvgIpc) is 2.49. The van der Waals surface area contributed by atoms with Crippen LogP contribution in [0.2, 0.25) is 0 Å². The molecule has 2 N–H and O–H groups in total. The van der Waals surface area contributed by atoms with Crippen molar-refractivity contribution >= 4 is 29.9 Å². The molecule has 0 saturated carbocycles. The average molecular weight is 431 g/mol. The minimum atomic E-state index is 0. The van der Waals surface area contributed by atoms with E-state index in [1.807, 2.05) is 7.05 Å². The summed E-state index contributed by atoms with van der Waals surface area (Å²) in [6, 6.07) is 8.67. The lowest BCUT2D eigenvalue weighted by molar-refractivity contribution is 0.128. The van der Waals surface area contributed by atoms with Crippen LogP contribution in [0.15, 0.2) is 29.3 Å². The maximum Gasteiger partial charge on any atom is 0.191 e. The maximum atomic E-state index is 5.60. The van der Waals surface area contributed by atoms with Gasteiger partial charge in [0.15, 0.2) is 5.96 Å². The molecule has 1 unspecified atom stereocenters. The third-order valence-electron chi connectivity index (χ3n) is 4.08. The second-order valence-electron chi connectivity index (χ2n) is 6.27. The van der Waals surface area contributed by atoms with Crippen molar-refractivity contribution in [2.75, 3.05) is 33.4 Å². The summed E-state index contributed by atoms with van der Waals surface area (Å²) in [7, 11) is 1.81. The molecule has 0 amide bonds. The van der Waals surface area contributed by atoms with Gasteiger partial charge in [-0.25, -0.2) is 0 Å². The van der Waals surface area contributed by atoms with E-state index in [1.54, 1.807) is 0 Å². The first kappa shape index (κ1) is 20.2. The Hall–Kier alpha value is -0.820. The SMILES string of the molecule is CN=C(NCCOCCC(C)C)NCC1Cc2ccccc21.I. The Morgan fingerprint density at radius 1 is 1.26 bits per heavy atom. The van der Waals surface area contributed by atoms with E-state index >= 15 is 0 Å². The summed E-state index contributed by atoms with van der Waals surface area (Å²) in [4.78, 5) is 4.26. The first-order valence-corrected chi connectivity index (χ1v) is 8.30. The van der Waals surface area contributed by atoms with Crippen molar-refractivity contribution in [3.63, 3.8) is 0 Å². The Morgan fingerprint density at radius 3 is 2.74 bits per heavy atom. The Balaban J connectivity index is 0.00000264. The van der Waals surface area contributed by atoms with Gasteiger partial charge in [0, 0.05) is 32.7 Å². The maximum absolute atomic E-state index is 5.60. The summed E-state index contributed by atoms with van der Waals surface area (Å²) in [5.74, 6) is 2.17. The first-order chi connectivity index (χ1) is 10.7. The molecule has 2 rings (SSSR count). The smallest absolute Gasteiger partial charge is 0.191 e. The molecule has 1 aromatic carbocycles. The highest BCUT2D eigenvalue weighted by Gasteiger charge is 2.25. The molecule has 4 nitrogen and oxygen atoms in total. The van der Waals surface area contributed by atoms with Crippen LogP contribution in [0.3, 0.4) is 0 Å². The third kappa shape index (κ3) is 6.67. The number of nitrogens with zero attached hydrogens (tertiary/aromatic N) is 1. The second kappa shape index (κ2) is 10.9. The Morgan fingerprint density at radius 2 is 2.04 bits per heavy atom. The fourth-order valence-electron chi connectivity index (χ4n) is 2.65. The molecule has 0 spiro atoms. The van der Waals surface area contributed by atoms with Gasteiger partial charge in [0.1, 0.15) is 0 Å². The molecule has 0 heterocycles. The monoisotopic (exact) mass is 431 g/mol. The number of nitrogens with one attached hydrogen (secondary N) is 2. The van der Waals surface area contributed by atoms with Crippen LogP contribution in [0.25, 0.3) is 0 Å². The largest absolute Gasteiger partial charge is 0.380 e. The number of hydrogen-bond acceptors (Lipinski definition) is 2. The lowest BCUT2D eigenvalue weighted by Gasteiger charge is -2.30. The van der Waals surface area contributed by atoms with Crippen LogP contribution >= 0.6 is 24.0 Å². The first-order valence-electron chi connectivity index (χ1n) is 8.30. The van der Waals surface area contributed by atoms with E-state index in [-0.39, 0.29) is 24.0 Å². The minimum Gasteiger partial charge on any atom is -0.380 e. The van der Waals surface area contributed by atoms with Crippen LogP contribution in [-0.4, -0.2) is 39.3 Å². The van der Waals surface area contributed by atoms with Crippen LogP contribution in [0, 0.1) is 5.92 Å².